The summed E-state index contributed by atoms with van der Waals surface area (Å²) in [5, 5.41) is 0.299. The first kappa shape index (κ1) is 11.0. The summed E-state index contributed by atoms with van der Waals surface area (Å²) in [5.41, 5.74) is 0.490. The molecule has 4 heteroatoms. The number of hydrogen-bond acceptors (Lipinski definition) is 0. The van der Waals surface area contributed by atoms with Crippen LogP contribution in [0.2, 0.25) is 5.02 Å². The lowest BCUT2D eigenvalue weighted by molar-refractivity contribution is 0.448. The fraction of sp³-hybridized carbons (Fsp3) is 0. The summed E-state index contributed by atoms with van der Waals surface area (Å²) < 4.78 is 38.7. The quantitative estimate of drug-likeness (QED) is 0.656. The van der Waals surface area contributed by atoms with Gasteiger partial charge in [-0.15, -0.1) is 0 Å². The molecule has 2 aromatic carbocycles. The minimum absolute atomic E-state index is 0.155. The van der Waals surface area contributed by atoms with E-state index in [9.17, 15) is 13.2 Å². The van der Waals surface area contributed by atoms with E-state index in [-0.39, 0.29) is 5.56 Å². The molecule has 0 aliphatic heterocycles. The zero-order chi connectivity index (χ0) is 11.7. The molecule has 0 heterocycles. The highest BCUT2D eigenvalue weighted by atomic mass is 35.5. The van der Waals surface area contributed by atoms with Gasteiger partial charge in [0, 0.05) is 10.6 Å². The summed E-state index contributed by atoms with van der Waals surface area (Å²) in [5.74, 6) is -3.98. The van der Waals surface area contributed by atoms with Crippen LogP contribution < -0.4 is 0 Å². The van der Waals surface area contributed by atoms with Gasteiger partial charge in [0.2, 0.25) is 0 Å². The van der Waals surface area contributed by atoms with Crippen LogP contribution in [0.15, 0.2) is 30.3 Å². The Bertz CT molecular complexity index is 515. The van der Waals surface area contributed by atoms with Gasteiger partial charge in [-0.1, -0.05) is 23.7 Å². The van der Waals surface area contributed by atoms with Crippen LogP contribution in [0.25, 0.3) is 11.1 Å². The maximum absolute atomic E-state index is 13.0. The minimum Gasteiger partial charge on any atom is -0.204 e. The van der Waals surface area contributed by atoms with E-state index in [0.717, 1.165) is 12.1 Å². The lowest BCUT2D eigenvalue weighted by atomic mass is 10.1. The molecule has 0 unspecified atom stereocenters. The van der Waals surface area contributed by atoms with E-state index in [0.29, 0.717) is 10.6 Å². The third kappa shape index (κ3) is 1.91. The van der Waals surface area contributed by atoms with E-state index in [1.54, 1.807) is 18.2 Å². The van der Waals surface area contributed by atoms with Crippen LogP contribution in [-0.2, 0) is 0 Å². The van der Waals surface area contributed by atoms with E-state index >= 15 is 0 Å². The highest BCUT2D eigenvalue weighted by molar-refractivity contribution is 6.33. The average Bonchev–Trinajstić information content (AvgIpc) is 2.26. The third-order valence-corrected chi connectivity index (χ3v) is 2.39. The molecule has 0 bridgehead atoms. The molecule has 0 aliphatic carbocycles. The van der Waals surface area contributed by atoms with E-state index in [2.05, 4.69) is 6.07 Å². The van der Waals surface area contributed by atoms with Crippen LogP contribution in [0.5, 0.6) is 0 Å². The van der Waals surface area contributed by atoms with Crippen LogP contribution in [0.1, 0.15) is 0 Å². The molecule has 0 spiro atoms. The highest BCUT2D eigenvalue weighted by Crippen LogP contribution is 2.29. The van der Waals surface area contributed by atoms with E-state index in [1.165, 1.54) is 0 Å². The summed E-state index contributed by atoms with van der Waals surface area (Å²) in [7, 11) is 0. The molecule has 81 valence electrons. The van der Waals surface area contributed by atoms with Crippen LogP contribution >= 0.6 is 11.6 Å². The normalized spacial score (nSPS) is 10.5. The fourth-order valence-electron chi connectivity index (χ4n) is 1.34. The summed E-state index contributed by atoms with van der Waals surface area (Å²) in [4.78, 5) is 0. The molecule has 0 aromatic heterocycles. The Balaban J connectivity index is 2.62. The second-order valence-electron chi connectivity index (χ2n) is 3.15. The minimum atomic E-state index is -1.49. The van der Waals surface area contributed by atoms with Gasteiger partial charge in [-0.05, 0) is 29.8 Å². The largest absolute Gasteiger partial charge is 0.204 e. The fourth-order valence-corrected chi connectivity index (χ4v) is 1.57. The van der Waals surface area contributed by atoms with E-state index in [4.69, 9.17) is 11.6 Å². The van der Waals surface area contributed by atoms with Crippen molar-refractivity contribution in [3.8, 4) is 11.1 Å². The summed E-state index contributed by atoms with van der Waals surface area (Å²) in [6.07, 6.45) is 0. The van der Waals surface area contributed by atoms with Crippen molar-refractivity contribution in [3.63, 3.8) is 0 Å². The molecule has 0 nitrogen and oxygen atoms in total. The topological polar surface area (TPSA) is 0 Å². The molecule has 2 aromatic rings. The Labute approximate surface area is 95.3 Å². The van der Waals surface area contributed by atoms with Crippen molar-refractivity contribution in [1.29, 1.82) is 0 Å². The van der Waals surface area contributed by atoms with Gasteiger partial charge in [0.25, 0.3) is 0 Å². The molecule has 0 saturated carbocycles. The summed E-state index contributed by atoms with van der Waals surface area (Å²) in [6, 6.07) is 9.27. The predicted molar refractivity (Wildman–Crippen MR) is 55.6 cm³/mol. The lowest BCUT2D eigenvalue weighted by Crippen LogP contribution is -1.92. The maximum atomic E-state index is 13.0. The highest BCUT2D eigenvalue weighted by Gasteiger charge is 2.12. The number of benzene rings is 2. The van der Waals surface area contributed by atoms with Crippen molar-refractivity contribution in [2.24, 2.45) is 0 Å². The van der Waals surface area contributed by atoms with Crippen LogP contribution in [0.3, 0.4) is 0 Å². The van der Waals surface area contributed by atoms with Crippen molar-refractivity contribution < 1.29 is 13.2 Å². The van der Waals surface area contributed by atoms with Crippen molar-refractivity contribution in [1.82, 2.24) is 0 Å². The number of rotatable bonds is 1. The molecule has 0 amide bonds. The molecular weight excluding hydrogens is 237 g/mol. The van der Waals surface area contributed by atoms with Crippen molar-refractivity contribution in [2.45, 2.75) is 0 Å². The first-order valence-electron chi connectivity index (χ1n) is 4.40. The van der Waals surface area contributed by atoms with Crippen LogP contribution in [-0.4, -0.2) is 0 Å². The maximum Gasteiger partial charge on any atom is 0.194 e. The SMILES string of the molecule is Fc1cc(-c2[c]cccc2Cl)cc(F)c1F. The van der Waals surface area contributed by atoms with Gasteiger partial charge in [-0.2, -0.15) is 0 Å². The smallest absolute Gasteiger partial charge is 0.194 e. The van der Waals surface area contributed by atoms with Crippen molar-refractivity contribution >= 4 is 11.6 Å². The predicted octanol–water partition coefficient (Wildman–Crippen LogP) is 4.22. The van der Waals surface area contributed by atoms with Gasteiger partial charge in [-0.25, -0.2) is 13.2 Å². The zero-order valence-electron chi connectivity index (χ0n) is 7.90. The molecule has 0 N–H and O–H groups in total. The van der Waals surface area contributed by atoms with Crippen LogP contribution in [0, 0.1) is 23.5 Å². The van der Waals surface area contributed by atoms with Gasteiger partial charge < -0.3 is 0 Å². The Hall–Kier alpha value is -1.48. The molecule has 1 radical (unpaired) electrons. The van der Waals surface area contributed by atoms with Crippen molar-refractivity contribution in [2.75, 3.05) is 0 Å². The average molecular weight is 242 g/mol. The molecule has 0 aliphatic rings. The Kier molecular flexibility index (Phi) is 2.88. The molecule has 0 saturated heterocycles. The number of halogens is 4. The third-order valence-electron chi connectivity index (χ3n) is 2.08. The summed E-state index contributed by atoms with van der Waals surface area (Å²) in [6.45, 7) is 0. The van der Waals surface area contributed by atoms with Gasteiger partial charge in [0.15, 0.2) is 17.5 Å². The van der Waals surface area contributed by atoms with Gasteiger partial charge >= 0.3 is 0 Å². The van der Waals surface area contributed by atoms with E-state index in [1.807, 2.05) is 0 Å². The molecule has 16 heavy (non-hydrogen) atoms. The molecule has 0 fully saturated rings. The van der Waals surface area contributed by atoms with Gasteiger partial charge in [0.05, 0.1) is 0 Å². The molecule has 2 rings (SSSR count). The molecular formula is C12H5ClF3. The molecule has 0 atom stereocenters. The van der Waals surface area contributed by atoms with E-state index < -0.39 is 17.5 Å². The monoisotopic (exact) mass is 241 g/mol. The number of hydrogen-bond donors (Lipinski definition) is 0. The Morgan fingerprint density at radius 2 is 1.69 bits per heavy atom. The van der Waals surface area contributed by atoms with Crippen LogP contribution in [0.4, 0.5) is 13.2 Å². The Morgan fingerprint density at radius 1 is 1.06 bits per heavy atom. The van der Waals surface area contributed by atoms with Crippen molar-refractivity contribution in [3.05, 3.63) is 58.9 Å². The standard InChI is InChI=1S/C12H5ClF3/c13-9-4-2-1-3-8(9)7-5-10(14)12(16)11(15)6-7/h1-2,4-6H. The summed E-state index contributed by atoms with van der Waals surface area (Å²) >= 11 is 5.83. The lowest BCUT2D eigenvalue weighted by Gasteiger charge is -2.05. The first-order valence-corrected chi connectivity index (χ1v) is 4.78. The zero-order valence-corrected chi connectivity index (χ0v) is 8.65. The van der Waals surface area contributed by atoms with Gasteiger partial charge in [-0.3, -0.25) is 0 Å². The second kappa shape index (κ2) is 4.18. The van der Waals surface area contributed by atoms with Gasteiger partial charge in [0.1, 0.15) is 0 Å². The Morgan fingerprint density at radius 3 is 2.25 bits per heavy atom. The first-order chi connectivity index (χ1) is 7.59. The second-order valence-corrected chi connectivity index (χ2v) is 3.55.